The van der Waals surface area contributed by atoms with Crippen molar-refractivity contribution in [2.24, 2.45) is 0 Å². The van der Waals surface area contributed by atoms with Crippen LogP contribution in [0.1, 0.15) is 11.4 Å². The van der Waals surface area contributed by atoms with Gasteiger partial charge in [-0.05, 0) is 25.3 Å². The van der Waals surface area contributed by atoms with Crippen molar-refractivity contribution in [1.82, 2.24) is 9.97 Å². The Balaban J connectivity index is 2.10. The van der Waals surface area contributed by atoms with E-state index in [9.17, 15) is 0 Å². The van der Waals surface area contributed by atoms with Crippen LogP contribution < -0.4 is 11.1 Å². The Kier molecular flexibility index (Phi) is 2.99. The Hall–Kier alpha value is -2.62. The molecular weight excluding hydrogens is 248 g/mol. The molecule has 4 nitrogen and oxygen atoms in total. The van der Waals surface area contributed by atoms with Gasteiger partial charge in [0.2, 0.25) is 0 Å². The predicted molar refractivity (Wildman–Crippen MR) is 83.1 cm³/mol. The molecule has 0 spiro atoms. The molecule has 0 aliphatic rings. The van der Waals surface area contributed by atoms with E-state index in [-0.39, 0.29) is 0 Å². The van der Waals surface area contributed by atoms with Crippen molar-refractivity contribution >= 4 is 28.1 Å². The van der Waals surface area contributed by atoms with E-state index in [0.717, 1.165) is 22.5 Å². The first-order valence-electron chi connectivity index (χ1n) is 6.50. The lowest BCUT2D eigenvalue weighted by Gasteiger charge is -2.12. The van der Waals surface area contributed by atoms with E-state index >= 15 is 0 Å². The molecule has 20 heavy (non-hydrogen) atoms. The molecule has 0 amide bonds. The summed E-state index contributed by atoms with van der Waals surface area (Å²) in [5.74, 6) is 1.93. The second-order valence-corrected chi connectivity index (χ2v) is 4.78. The smallest absolute Gasteiger partial charge is 0.139 e. The third-order valence-corrected chi connectivity index (χ3v) is 3.34. The van der Waals surface area contributed by atoms with E-state index < -0.39 is 0 Å². The van der Waals surface area contributed by atoms with Gasteiger partial charge >= 0.3 is 0 Å². The summed E-state index contributed by atoms with van der Waals surface area (Å²) in [5, 5.41) is 5.71. The van der Waals surface area contributed by atoms with Crippen LogP contribution >= 0.6 is 0 Å². The summed E-state index contributed by atoms with van der Waals surface area (Å²) in [5.41, 5.74) is 7.78. The van der Waals surface area contributed by atoms with Crippen LogP contribution in [0.2, 0.25) is 0 Å². The molecule has 0 saturated heterocycles. The summed E-state index contributed by atoms with van der Waals surface area (Å²) in [4.78, 5) is 8.60. The van der Waals surface area contributed by atoms with Crippen molar-refractivity contribution in [2.75, 3.05) is 11.1 Å². The summed E-state index contributed by atoms with van der Waals surface area (Å²) in [6.07, 6.45) is 0. The van der Waals surface area contributed by atoms with Gasteiger partial charge in [-0.25, -0.2) is 9.97 Å². The molecule has 0 atom stereocenters. The summed E-state index contributed by atoms with van der Waals surface area (Å²) < 4.78 is 0. The third-order valence-electron chi connectivity index (χ3n) is 3.34. The molecule has 3 rings (SSSR count). The van der Waals surface area contributed by atoms with Gasteiger partial charge in [-0.1, -0.05) is 36.4 Å². The van der Waals surface area contributed by atoms with Crippen LogP contribution in [0, 0.1) is 13.8 Å². The standard InChI is InChI=1S/C16H16N4/c1-10-15(17)18-11(2)19-16(10)20-14-9-5-7-12-6-3-4-8-13(12)14/h3-9H,1-2H3,(H3,17,18,19,20). The van der Waals surface area contributed by atoms with Crippen molar-refractivity contribution in [3.8, 4) is 0 Å². The van der Waals surface area contributed by atoms with Gasteiger partial charge < -0.3 is 11.1 Å². The second-order valence-electron chi connectivity index (χ2n) is 4.78. The Morgan fingerprint density at radius 2 is 1.70 bits per heavy atom. The minimum Gasteiger partial charge on any atom is -0.383 e. The molecule has 100 valence electrons. The van der Waals surface area contributed by atoms with Crippen LogP contribution in [0.5, 0.6) is 0 Å². The molecule has 0 unspecified atom stereocenters. The number of nitrogens with one attached hydrogen (secondary N) is 1. The molecule has 1 heterocycles. The van der Waals surface area contributed by atoms with Crippen LogP contribution in [0.15, 0.2) is 42.5 Å². The molecule has 1 aromatic heterocycles. The van der Waals surface area contributed by atoms with E-state index in [1.807, 2.05) is 38.1 Å². The number of rotatable bonds is 2. The quantitative estimate of drug-likeness (QED) is 0.742. The van der Waals surface area contributed by atoms with E-state index in [1.54, 1.807) is 0 Å². The SMILES string of the molecule is Cc1nc(N)c(C)c(Nc2cccc3ccccc23)n1. The number of benzene rings is 2. The van der Waals surface area contributed by atoms with E-state index in [2.05, 4.69) is 33.5 Å². The van der Waals surface area contributed by atoms with Gasteiger partial charge in [0, 0.05) is 16.6 Å². The number of hydrogen-bond acceptors (Lipinski definition) is 4. The van der Waals surface area contributed by atoms with Crippen molar-refractivity contribution in [3.05, 3.63) is 53.9 Å². The van der Waals surface area contributed by atoms with Crippen LogP contribution in [-0.4, -0.2) is 9.97 Å². The maximum atomic E-state index is 5.90. The van der Waals surface area contributed by atoms with E-state index in [0.29, 0.717) is 11.6 Å². The lowest BCUT2D eigenvalue weighted by Crippen LogP contribution is -2.05. The maximum Gasteiger partial charge on any atom is 0.139 e. The monoisotopic (exact) mass is 264 g/mol. The largest absolute Gasteiger partial charge is 0.383 e. The zero-order valence-corrected chi connectivity index (χ0v) is 11.5. The molecule has 0 radical (unpaired) electrons. The number of aromatic nitrogens is 2. The maximum absolute atomic E-state index is 5.90. The Labute approximate surface area is 117 Å². The summed E-state index contributed by atoms with van der Waals surface area (Å²) in [6, 6.07) is 14.4. The molecule has 3 N–H and O–H groups in total. The molecule has 3 aromatic rings. The molecule has 0 saturated carbocycles. The number of nitrogen functional groups attached to an aromatic ring is 1. The molecule has 0 aliphatic heterocycles. The van der Waals surface area contributed by atoms with Gasteiger partial charge in [0.15, 0.2) is 0 Å². The van der Waals surface area contributed by atoms with Crippen LogP contribution in [0.3, 0.4) is 0 Å². The molecule has 2 aromatic carbocycles. The fourth-order valence-corrected chi connectivity index (χ4v) is 2.23. The number of anilines is 3. The van der Waals surface area contributed by atoms with Crippen molar-refractivity contribution in [1.29, 1.82) is 0 Å². The lowest BCUT2D eigenvalue weighted by molar-refractivity contribution is 1.05. The van der Waals surface area contributed by atoms with Crippen LogP contribution in [-0.2, 0) is 0 Å². The van der Waals surface area contributed by atoms with Gasteiger partial charge in [-0.3, -0.25) is 0 Å². The van der Waals surface area contributed by atoms with E-state index in [4.69, 9.17) is 5.73 Å². The number of nitrogens with two attached hydrogens (primary N) is 1. The zero-order chi connectivity index (χ0) is 14.1. The Bertz CT molecular complexity index is 775. The highest BCUT2D eigenvalue weighted by Gasteiger charge is 2.08. The number of fused-ring (bicyclic) bond motifs is 1. The van der Waals surface area contributed by atoms with E-state index in [1.165, 1.54) is 5.39 Å². The zero-order valence-electron chi connectivity index (χ0n) is 11.5. The van der Waals surface area contributed by atoms with Gasteiger partial charge in [-0.2, -0.15) is 0 Å². The van der Waals surface area contributed by atoms with Crippen LogP contribution in [0.4, 0.5) is 17.3 Å². The first-order valence-corrected chi connectivity index (χ1v) is 6.50. The third kappa shape index (κ3) is 2.16. The predicted octanol–water partition coefficient (Wildman–Crippen LogP) is 3.57. The topological polar surface area (TPSA) is 63.8 Å². The molecule has 0 fully saturated rings. The first-order chi connectivity index (χ1) is 9.65. The Morgan fingerprint density at radius 1 is 0.950 bits per heavy atom. The molecule has 0 aliphatic carbocycles. The van der Waals surface area contributed by atoms with Gasteiger partial charge in [0.05, 0.1) is 0 Å². The summed E-state index contributed by atoms with van der Waals surface area (Å²) in [6.45, 7) is 3.76. The minimum absolute atomic E-state index is 0.514. The van der Waals surface area contributed by atoms with Crippen molar-refractivity contribution in [2.45, 2.75) is 13.8 Å². The van der Waals surface area contributed by atoms with Crippen molar-refractivity contribution in [3.63, 3.8) is 0 Å². The highest BCUT2D eigenvalue weighted by molar-refractivity contribution is 5.95. The minimum atomic E-state index is 0.514. The second kappa shape index (κ2) is 4.81. The fraction of sp³-hybridized carbons (Fsp3) is 0.125. The normalized spacial score (nSPS) is 10.7. The average Bonchev–Trinajstić information content (AvgIpc) is 2.44. The lowest BCUT2D eigenvalue weighted by atomic mass is 10.1. The summed E-state index contributed by atoms with van der Waals surface area (Å²) >= 11 is 0. The van der Waals surface area contributed by atoms with Gasteiger partial charge in [0.25, 0.3) is 0 Å². The number of nitrogens with zero attached hydrogens (tertiary/aromatic N) is 2. The van der Waals surface area contributed by atoms with Gasteiger partial charge in [0.1, 0.15) is 17.5 Å². The highest BCUT2D eigenvalue weighted by Crippen LogP contribution is 2.27. The highest BCUT2D eigenvalue weighted by atomic mass is 15.1. The number of aryl methyl sites for hydroxylation is 1. The van der Waals surface area contributed by atoms with Gasteiger partial charge in [-0.15, -0.1) is 0 Å². The average molecular weight is 264 g/mol. The first kappa shape index (κ1) is 12.4. The van der Waals surface area contributed by atoms with Crippen LogP contribution in [0.25, 0.3) is 10.8 Å². The Morgan fingerprint density at radius 3 is 2.55 bits per heavy atom. The molecular formula is C16H16N4. The van der Waals surface area contributed by atoms with Crippen molar-refractivity contribution < 1.29 is 0 Å². The molecule has 4 heteroatoms. The summed E-state index contributed by atoms with van der Waals surface area (Å²) in [7, 11) is 0. The fourth-order valence-electron chi connectivity index (χ4n) is 2.23. The molecule has 0 bridgehead atoms. The number of hydrogen-bond donors (Lipinski definition) is 2.